The van der Waals surface area contributed by atoms with Crippen LogP contribution in [0.15, 0.2) is 24.3 Å². The summed E-state index contributed by atoms with van der Waals surface area (Å²) >= 11 is 0. The predicted molar refractivity (Wildman–Crippen MR) is 85.0 cm³/mol. The molecule has 0 N–H and O–H groups in total. The first-order valence-electron chi connectivity index (χ1n) is 8.07. The Labute approximate surface area is 123 Å². The van der Waals surface area contributed by atoms with Crippen LogP contribution in [0.5, 0.6) is 0 Å². The highest BCUT2D eigenvalue weighted by Crippen LogP contribution is 2.28. The topological polar surface area (TPSA) is 20.3 Å². The summed E-state index contributed by atoms with van der Waals surface area (Å²) < 4.78 is 0. The minimum Gasteiger partial charge on any atom is -0.313 e. The lowest BCUT2D eigenvalue weighted by Crippen LogP contribution is -2.30. The third-order valence-corrected chi connectivity index (χ3v) is 4.42. The number of aryl methyl sites for hydroxylation is 1. The monoisotopic (exact) mass is 273 g/mol. The molecule has 1 aromatic carbocycles. The van der Waals surface area contributed by atoms with Crippen molar-refractivity contribution in [3.05, 3.63) is 29.8 Å². The molecule has 0 radical (unpaired) electrons. The molecule has 0 atom stereocenters. The highest BCUT2D eigenvalue weighted by atomic mass is 16.2. The second-order valence-electron chi connectivity index (χ2n) is 6.02. The first kappa shape index (κ1) is 15.1. The minimum atomic E-state index is 0.281. The molecular weight excluding hydrogens is 246 g/mol. The highest BCUT2D eigenvalue weighted by molar-refractivity contribution is 5.93. The summed E-state index contributed by atoms with van der Waals surface area (Å²) in [6.07, 6.45) is 8.51. The van der Waals surface area contributed by atoms with Crippen molar-refractivity contribution in [2.75, 3.05) is 11.4 Å². The normalized spacial score (nSPS) is 16.1. The average molecular weight is 273 g/mol. The van der Waals surface area contributed by atoms with Crippen LogP contribution in [0.3, 0.4) is 0 Å². The van der Waals surface area contributed by atoms with E-state index in [4.69, 9.17) is 0 Å². The van der Waals surface area contributed by atoms with E-state index in [2.05, 4.69) is 26.0 Å². The number of carbonyl (C=O) groups is 1. The molecule has 0 unspecified atom stereocenters. The summed E-state index contributed by atoms with van der Waals surface area (Å²) in [7, 11) is 0. The SMILES string of the molecule is CCN(C(=O)CCC1CCCCC1)c1cccc(C)c1. The van der Waals surface area contributed by atoms with Gasteiger partial charge in [-0.1, -0.05) is 44.2 Å². The molecule has 1 fully saturated rings. The van der Waals surface area contributed by atoms with Crippen LogP contribution in [0.2, 0.25) is 0 Å². The maximum Gasteiger partial charge on any atom is 0.226 e. The third kappa shape index (κ3) is 4.09. The molecule has 20 heavy (non-hydrogen) atoms. The maximum atomic E-state index is 12.5. The van der Waals surface area contributed by atoms with Gasteiger partial charge in [0.05, 0.1) is 0 Å². The van der Waals surface area contributed by atoms with Gasteiger partial charge in [-0.05, 0) is 43.9 Å². The van der Waals surface area contributed by atoms with Crippen LogP contribution in [0.25, 0.3) is 0 Å². The van der Waals surface area contributed by atoms with E-state index in [1.54, 1.807) is 0 Å². The Morgan fingerprint density at radius 3 is 2.65 bits per heavy atom. The van der Waals surface area contributed by atoms with E-state index in [1.165, 1.54) is 37.7 Å². The lowest BCUT2D eigenvalue weighted by Gasteiger charge is -2.24. The van der Waals surface area contributed by atoms with Crippen molar-refractivity contribution in [1.29, 1.82) is 0 Å². The quantitative estimate of drug-likeness (QED) is 0.761. The van der Waals surface area contributed by atoms with Crippen LogP contribution in [0.1, 0.15) is 57.4 Å². The van der Waals surface area contributed by atoms with Crippen molar-refractivity contribution >= 4 is 11.6 Å². The largest absolute Gasteiger partial charge is 0.313 e. The maximum absolute atomic E-state index is 12.5. The number of anilines is 1. The lowest BCUT2D eigenvalue weighted by molar-refractivity contribution is -0.118. The van der Waals surface area contributed by atoms with Gasteiger partial charge in [0.25, 0.3) is 0 Å². The molecule has 1 aromatic rings. The van der Waals surface area contributed by atoms with Gasteiger partial charge < -0.3 is 4.90 Å². The fraction of sp³-hybridized carbons (Fsp3) is 0.611. The molecule has 1 saturated carbocycles. The van der Waals surface area contributed by atoms with Crippen LogP contribution in [-0.4, -0.2) is 12.5 Å². The smallest absolute Gasteiger partial charge is 0.226 e. The first-order chi connectivity index (χ1) is 9.70. The van der Waals surface area contributed by atoms with E-state index in [9.17, 15) is 4.79 Å². The molecule has 0 saturated heterocycles. The fourth-order valence-corrected chi connectivity index (χ4v) is 3.24. The molecule has 0 aromatic heterocycles. The zero-order chi connectivity index (χ0) is 14.4. The molecular formula is C18H27NO. The Bertz CT molecular complexity index is 435. The Morgan fingerprint density at radius 2 is 2.00 bits per heavy atom. The summed E-state index contributed by atoms with van der Waals surface area (Å²) in [5.74, 6) is 1.06. The van der Waals surface area contributed by atoms with Gasteiger partial charge in [0.15, 0.2) is 0 Å². The van der Waals surface area contributed by atoms with Gasteiger partial charge in [0.2, 0.25) is 5.91 Å². The predicted octanol–water partition coefficient (Wildman–Crippen LogP) is 4.71. The molecule has 0 heterocycles. The van der Waals surface area contributed by atoms with Gasteiger partial charge in [-0.2, -0.15) is 0 Å². The van der Waals surface area contributed by atoms with E-state index in [-0.39, 0.29) is 5.91 Å². The molecule has 0 spiro atoms. The molecule has 2 nitrogen and oxygen atoms in total. The first-order valence-corrected chi connectivity index (χ1v) is 8.07. The summed E-state index contributed by atoms with van der Waals surface area (Å²) in [5, 5.41) is 0. The van der Waals surface area contributed by atoms with Gasteiger partial charge in [-0.25, -0.2) is 0 Å². The zero-order valence-electron chi connectivity index (χ0n) is 12.9. The number of nitrogens with zero attached hydrogens (tertiary/aromatic N) is 1. The van der Waals surface area contributed by atoms with Gasteiger partial charge in [0.1, 0.15) is 0 Å². The van der Waals surface area contributed by atoms with E-state index < -0.39 is 0 Å². The summed E-state index contributed by atoms with van der Waals surface area (Å²) in [6, 6.07) is 8.24. The number of hydrogen-bond acceptors (Lipinski definition) is 1. The number of carbonyl (C=O) groups excluding carboxylic acids is 1. The van der Waals surface area contributed by atoms with E-state index in [1.807, 2.05) is 17.0 Å². The van der Waals surface area contributed by atoms with Crippen molar-refractivity contribution in [1.82, 2.24) is 0 Å². The third-order valence-electron chi connectivity index (χ3n) is 4.42. The van der Waals surface area contributed by atoms with Crippen LogP contribution < -0.4 is 4.90 Å². The van der Waals surface area contributed by atoms with Crippen LogP contribution in [0.4, 0.5) is 5.69 Å². The lowest BCUT2D eigenvalue weighted by atomic mass is 9.86. The molecule has 1 aliphatic rings. The average Bonchev–Trinajstić information content (AvgIpc) is 2.47. The van der Waals surface area contributed by atoms with Crippen molar-refractivity contribution in [3.63, 3.8) is 0 Å². The fourth-order valence-electron chi connectivity index (χ4n) is 3.24. The van der Waals surface area contributed by atoms with Crippen molar-refractivity contribution < 1.29 is 4.79 Å². The second-order valence-corrected chi connectivity index (χ2v) is 6.02. The highest BCUT2D eigenvalue weighted by Gasteiger charge is 2.18. The van der Waals surface area contributed by atoms with Gasteiger partial charge in [0, 0.05) is 18.7 Å². The standard InChI is InChI=1S/C18H27NO/c1-3-19(17-11-7-8-15(2)14-17)18(20)13-12-16-9-5-4-6-10-16/h7-8,11,14,16H,3-6,9-10,12-13H2,1-2H3. The van der Waals surface area contributed by atoms with Crippen molar-refractivity contribution in [2.45, 2.75) is 58.8 Å². The molecule has 0 aliphatic heterocycles. The Morgan fingerprint density at radius 1 is 1.25 bits per heavy atom. The van der Waals surface area contributed by atoms with E-state index in [0.29, 0.717) is 6.42 Å². The molecule has 110 valence electrons. The summed E-state index contributed by atoms with van der Waals surface area (Å²) in [6.45, 7) is 4.89. The van der Waals surface area contributed by atoms with Gasteiger partial charge in [-0.15, -0.1) is 0 Å². The zero-order valence-corrected chi connectivity index (χ0v) is 12.9. The van der Waals surface area contributed by atoms with Crippen molar-refractivity contribution in [2.24, 2.45) is 5.92 Å². The van der Waals surface area contributed by atoms with E-state index in [0.717, 1.165) is 24.6 Å². The van der Waals surface area contributed by atoms with Crippen LogP contribution in [0, 0.1) is 12.8 Å². The molecule has 2 rings (SSSR count). The number of hydrogen-bond donors (Lipinski definition) is 0. The Hall–Kier alpha value is -1.31. The van der Waals surface area contributed by atoms with Gasteiger partial charge in [-0.3, -0.25) is 4.79 Å². The molecule has 2 heteroatoms. The summed E-state index contributed by atoms with van der Waals surface area (Å²) in [4.78, 5) is 14.4. The van der Waals surface area contributed by atoms with Crippen LogP contribution >= 0.6 is 0 Å². The molecule has 1 aliphatic carbocycles. The Balaban J connectivity index is 1.91. The number of amides is 1. The molecule has 1 amide bonds. The second kappa shape index (κ2) is 7.47. The van der Waals surface area contributed by atoms with Crippen LogP contribution in [-0.2, 0) is 4.79 Å². The minimum absolute atomic E-state index is 0.281. The van der Waals surface area contributed by atoms with Gasteiger partial charge >= 0.3 is 0 Å². The number of rotatable bonds is 5. The Kier molecular flexibility index (Phi) is 5.63. The van der Waals surface area contributed by atoms with Crippen molar-refractivity contribution in [3.8, 4) is 0 Å². The number of benzene rings is 1. The van der Waals surface area contributed by atoms with E-state index >= 15 is 0 Å². The summed E-state index contributed by atoms with van der Waals surface area (Å²) in [5.41, 5.74) is 2.25. The molecule has 0 bridgehead atoms.